The predicted octanol–water partition coefficient (Wildman–Crippen LogP) is 2.29. The summed E-state index contributed by atoms with van der Waals surface area (Å²) in [4.78, 5) is 0. The Morgan fingerprint density at radius 1 is 1.29 bits per heavy atom. The molecular formula is C12H21NO. The van der Waals surface area contributed by atoms with Gasteiger partial charge in [-0.3, -0.25) is 0 Å². The fourth-order valence-corrected chi connectivity index (χ4v) is 1.54. The molecule has 0 spiro atoms. The van der Waals surface area contributed by atoms with Gasteiger partial charge in [-0.25, -0.2) is 0 Å². The van der Waals surface area contributed by atoms with E-state index in [0.717, 1.165) is 26.1 Å². The van der Waals surface area contributed by atoms with E-state index in [1.807, 2.05) is 18.2 Å². The van der Waals surface area contributed by atoms with E-state index in [2.05, 4.69) is 18.9 Å². The summed E-state index contributed by atoms with van der Waals surface area (Å²) in [5.74, 6) is 0.634. The van der Waals surface area contributed by atoms with Crippen LogP contribution in [0.2, 0.25) is 0 Å². The molecule has 0 aromatic rings. The lowest BCUT2D eigenvalue weighted by atomic mass is 9.91. The van der Waals surface area contributed by atoms with Crippen LogP contribution in [-0.4, -0.2) is 20.3 Å². The Labute approximate surface area is 87.1 Å². The smallest absolute Gasteiger partial charge is 0.0471 e. The highest BCUT2D eigenvalue weighted by atomic mass is 16.5. The molecule has 0 saturated carbocycles. The molecule has 1 aliphatic rings. The summed E-state index contributed by atoms with van der Waals surface area (Å²) in [7, 11) is 1.50. The first kappa shape index (κ1) is 13.1. The Morgan fingerprint density at radius 2 is 1.86 bits per heavy atom. The van der Waals surface area contributed by atoms with Gasteiger partial charge in [0.15, 0.2) is 0 Å². The van der Waals surface area contributed by atoms with E-state index >= 15 is 0 Å². The van der Waals surface area contributed by atoms with Gasteiger partial charge in [-0.15, -0.1) is 0 Å². The maximum atomic E-state index is 5.29. The highest BCUT2D eigenvalue weighted by Crippen LogP contribution is 2.23. The van der Waals surface area contributed by atoms with Gasteiger partial charge in [-0.2, -0.15) is 0 Å². The van der Waals surface area contributed by atoms with Crippen molar-refractivity contribution in [3.63, 3.8) is 0 Å². The van der Waals surface area contributed by atoms with E-state index in [-0.39, 0.29) is 0 Å². The van der Waals surface area contributed by atoms with Crippen molar-refractivity contribution in [1.82, 2.24) is 0 Å². The van der Waals surface area contributed by atoms with Crippen molar-refractivity contribution in [2.45, 2.75) is 12.8 Å². The topological polar surface area (TPSA) is 35.2 Å². The summed E-state index contributed by atoms with van der Waals surface area (Å²) < 4.78 is 5.29. The Hall–Kier alpha value is -0.860. The number of allylic oxidation sites excluding steroid dienone is 4. The van der Waals surface area contributed by atoms with Gasteiger partial charge in [-0.1, -0.05) is 31.4 Å². The molecule has 1 heterocycles. The third-order valence-corrected chi connectivity index (χ3v) is 2.24. The average Bonchev–Trinajstić information content (AvgIpc) is 2.30. The Balaban J connectivity index is 0.000000791. The van der Waals surface area contributed by atoms with Gasteiger partial charge in [0.2, 0.25) is 0 Å². The standard InChI is InChI=1S/C11H16O.CH5N/c1-3-5-10(4-2)11-6-8-12-9-7-11;1-2/h3-5,11H,1-2,6-9H2;2H2,1H3/b10-5+;. The van der Waals surface area contributed by atoms with Crippen LogP contribution in [-0.2, 0) is 4.74 Å². The number of hydrogen-bond acceptors (Lipinski definition) is 2. The molecule has 0 bridgehead atoms. The van der Waals surface area contributed by atoms with Crippen LogP contribution >= 0.6 is 0 Å². The summed E-state index contributed by atoms with van der Waals surface area (Å²) in [6, 6.07) is 0. The number of rotatable bonds is 3. The molecule has 0 aromatic carbocycles. The Bertz CT molecular complexity index is 190. The molecule has 1 rings (SSSR count). The zero-order valence-electron chi connectivity index (χ0n) is 9.04. The van der Waals surface area contributed by atoms with Crippen molar-refractivity contribution < 1.29 is 4.74 Å². The second kappa shape index (κ2) is 8.73. The van der Waals surface area contributed by atoms with Crippen molar-refractivity contribution in [1.29, 1.82) is 0 Å². The van der Waals surface area contributed by atoms with Crippen LogP contribution in [0.25, 0.3) is 0 Å². The van der Waals surface area contributed by atoms with E-state index in [0.29, 0.717) is 5.92 Å². The van der Waals surface area contributed by atoms with Gasteiger partial charge in [0, 0.05) is 13.2 Å². The second-order valence-corrected chi connectivity index (χ2v) is 2.99. The van der Waals surface area contributed by atoms with Crippen LogP contribution in [0.5, 0.6) is 0 Å². The molecule has 0 aliphatic carbocycles. The molecule has 80 valence electrons. The lowest BCUT2D eigenvalue weighted by Crippen LogP contribution is -2.16. The fourth-order valence-electron chi connectivity index (χ4n) is 1.54. The summed E-state index contributed by atoms with van der Waals surface area (Å²) in [5, 5.41) is 0. The van der Waals surface area contributed by atoms with Crippen molar-refractivity contribution in [3.05, 3.63) is 37.0 Å². The van der Waals surface area contributed by atoms with E-state index in [1.54, 1.807) is 0 Å². The number of hydrogen-bond donors (Lipinski definition) is 1. The van der Waals surface area contributed by atoms with Gasteiger partial charge in [0.25, 0.3) is 0 Å². The number of ether oxygens (including phenoxy) is 1. The monoisotopic (exact) mass is 195 g/mol. The summed E-state index contributed by atoms with van der Waals surface area (Å²) in [6.07, 6.45) is 8.03. The molecule has 0 amide bonds. The Kier molecular flexibility index (Phi) is 8.19. The Morgan fingerprint density at radius 3 is 2.29 bits per heavy atom. The van der Waals surface area contributed by atoms with E-state index in [9.17, 15) is 0 Å². The lowest BCUT2D eigenvalue weighted by Gasteiger charge is -2.22. The van der Waals surface area contributed by atoms with Crippen molar-refractivity contribution in [3.8, 4) is 0 Å². The molecule has 1 fully saturated rings. The number of nitrogens with two attached hydrogens (primary N) is 1. The van der Waals surface area contributed by atoms with Crippen molar-refractivity contribution >= 4 is 0 Å². The molecule has 14 heavy (non-hydrogen) atoms. The summed E-state index contributed by atoms with van der Waals surface area (Å²) in [5.41, 5.74) is 5.80. The van der Waals surface area contributed by atoms with E-state index in [4.69, 9.17) is 4.74 Å². The first-order chi connectivity index (χ1) is 6.88. The van der Waals surface area contributed by atoms with Gasteiger partial charge in [0.05, 0.1) is 0 Å². The van der Waals surface area contributed by atoms with Crippen molar-refractivity contribution in [2.24, 2.45) is 11.7 Å². The highest BCUT2D eigenvalue weighted by molar-refractivity contribution is 5.24. The molecule has 1 aliphatic heterocycles. The highest BCUT2D eigenvalue weighted by Gasteiger charge is 2.15. The predicted molar refractivity (Wildman–Crippen MR) is 62.1 cm³/mol. The van der Waals surface area contributed by atoms with Crippen molar-refractivity contribution in [2.75, 3.05) is 20.3 Å². The van der Waals surface area contributed by atoms with Crippen LogP contribution in [0.4, 0.5) is 0 Å². The SMILES string of the molecule is C=C/C=C(\C=C)C1CCOCC1.CN. The maximum absolute atomic E-state index is 5.29. The van der Waals surface area contributed by atoms with Gasteiger partial charge in [0.1, 0.15) is 0 Å². The molecule has 2 heteroatoms. The molecule has 0 radical (unpaired) electrons. The summed E-state index contributed by atoms with van der Waals surface area (Å²) >= 11 is 0. The van der Waals surface area contributed by atoms with Crippen LogP contribution in [0.3, 0.4) is 0 Å². The first-order valence-electron chi connectivity index (χ1n) is 4.99. The van der Waals surface area contributed by atoms with Gasteiger partial charge in [-0.05, 0) is 31.4 Å². The van der Waals surface area contributed by atoms with Crippen LogP contribution in [0.1, 0.15) is 12.8 Å². The molecule has 2 nitrogen and oxygen atoms in total. The molecule has 0 atom stereocenters. The third kappa shape index (κ3) is 4.40. The minimum absolute atomic E-state index is 0.634. The minimum Gasteiger partial charge on any atom is -0.381 e. The van der Waals surface area contributed by atoms with Crippen LogP contribution in [0.15, 0.2) is 37.0 Å². The molecule has 0 aromatic heterocycles. The van der Waals surface area contributed by atoms with Crippen LogP contribution < -0.4 is 5.73 Å². The van der Waals surface area contributed by atoms with Gasteiger partial charge < -0.3 is 10.5 Å². The molecular weight excluding hydrogens is 174 g/mol. The fraction of sp³-hybridized carbons (Fsp3) is 0.500. The zero-order valence-corrected chi connectivity index (χ0v) is 9.04. The lowest BCUT2D eigenvalue weighted by molar-refractivity contribution is 0.0766. The first-order valence-corrected chi connectivity index (χ1v) is 4.99. The van der Waals surface area contributed by atoms with E-state index in [1.165, 1.54) is 12.6 Å². The zero-order chi connectivity index (χ0) is 10.8. The molecule has 0 unspecified atom stereocenters. The normalized spacial score (nSPS) is 18.0. The quantitative estimate of drug-likeness (QED) is 0.701. The molecule has 2 N–H and O–H groups in total. The average molecular weight is 195 g/mol. The molecule has 1 saturated heterocycles. The van der Waals surface area contributed by atoms with E-state index < -0.39 is 0 Å². The maximum Gasteiger partial charge on any atom is 0.0471 e. The van der Waals surface area contributed by atoms with Gasteiger partial charge >= 0.3 is 0 Å². The second-order valence-electron chi connectivity index (χ2n) is 2.99. The van der Waals surface area contributed by atoms with Crippen LogP contribution in [0, 0.1) is 5.92 Å². The third-order valence-electron chi connectivity index (χ3n) is 2.24. The summed E-state index contributed by atoms with van der Waals surface area (Å²) in [6.45, 7) is 9.25. The largest absolute Gasteiger partial charge is 0.381 e. The minimum atomic E-state index is 0.634.